The minimum atomic E-state index is -1.16. The molecule has 2 aromatic heterocycles. The topological polar surface area (TPSA) is 127 Å². The SMILES string of the molecule is CC(Oc1nc(F)nc(Nc2ccc(Br)c3c2C(=O)c2cccc4snc-3c24)n1)N1C(=O)C=CC1=O. The fraction of sp³-hybridized carbons (Fsp3) is 0.0870. The molecule has 0 spiro atoms. The fourth-order valence-corrected chi connectivity index (χ4v) is 5.50. The smallest absolute Gasteiger partial charge is 0.325 e. The minimum absolute atomic E-state index is 0.231. The number of ether oxygens (including phenoxy) is 1. The van der Waals surface area contributed by atoms with Crippen molar-refractivity contribution in [3.8, 4) is 17.3 Å². The van der Waals surface area contributed by atoms with Gasteiger partial charge in [0.25, 0.3) is 11.8 Å². The van der Waals surface area contributed by atoms with Crippen LogP contribution in [0.2, 0.25) is 0 Å². The maximum atomic E-state index is 14.3. The van der Waals surface area contributed by atoms with Crippen molar-refractivity contribution in [2.45, 2.75) is 13.2 Å². The second-order valence-corrected chi connectivity index (χ2v) is 9.48. The number of carbonyl (C=O) groups excluding carboxylic acids is 3. The monoisotopic (exact) mass is 566 g/mol. The van der Waals surface area contributed by atoms with Crippen LogP contribution in [0.15, 0.2) is 47.0 Å². The molecule has 13 heteroatoms. The lowest BCUT2D eigenvalue weighted by molar-refractivity contribution is -0.145. The molecule has 4 aromatic rings. The molecule has 0 radical (unpaired) electrons. The zero-order valence-corrected chi connectivity index (χ0v) is 20.6. The summed E-state index contributed by atoms with van der Waals surface area (Å²) in [5.74, 6) is -1.61. The second kappa shape index (κ2) is 8.24. The maximum absolute atomic E-state index is 14.3. The van der Waals surface area contributed by atoms with Gasteiger partial charge in [-0.3, -0.25) is 14.4 Å². The summed E-state index contributed by atoms with van der Waals surface area (Å²) in [7, 11) is 0. The van der Waals surface area contributed by atoms with Crippen molar-refractivity contribution in [3.05, 3.63) is 64.2 Å². The number of hydrogen-bond acceptors (Lipinski definition) is 10. The number of amides is 2. The van der Waals surface area contributed by atoms with Crippen LogP contribution in [0, 0.1) is 6.08 Å². The summed E-state index contributed by atoms with van der Waals surface area (Å²) in [6.45, 7) is 1.42. The quantitative estimate of drug-likeness (QED) is 0.314. The number of imide groups is 1. The van der Waals surface area contributed by atoms with Crippen LogP contribution in [-0.2, 0) is 9.59 Å². The Morgan fingerprint density at radius 1 is 1.06 bits per heavy atom. The summed E-state index contributed by atoms with van der Waals surface area (Å²) < 4.78 is 25.9. The molecule has 3 heterocycles. The van der Waals surface area contributed by atoms with Crippen molar-refractivity contribution in [1.82, 2.24) is 24.2 Å². The number of hydrogen-bond donors (Lipinski definition) is 1. The fourth-order valence-electron chi connectivity index (χ4n) is 4.17. The molecule has 0 saturated heterocycles. The van der Waals surface area contributed by atoms with E-state index in [0.717, 1.165) is 27.1 Å². The van der Waals surface area contributed by atoms with Gasteiger partial charge in [-0.15, -0.1) is 4.98 Å². The molecule has 2 aliphatic rings. The summed E-state index contributed by atoms with van der Waals surface area (Å²) in [6.07, 6.45) is -0.0491. The molecule has 1 N–H and O–H groups in total. The first-order valence-electron chi connectivity index (χ1n) is 10.5. The molecule has 2 aromatic carbocycles. The molecule has 1 aliphatic heterocycles. The van der Waals surface area contributed by atoms with Gasteiger partial charge in [0.2, 0.25) is 5.95 Å². The Labute approximate surface area is 214 Å². The Morgan fingerprint density at radius 3 is 2.61 bits per heavy atom. The van der Waals surface area contributed by atoms with E-state index in [2.05, 4.69) is 40.6 Å². The zero-order valence-electron chi connectivity index (χ0n) is 18.2. The van der Waals surface area contributed by atoms with Crippen LogP contribution in [0.25, 0.3) is 21.3 Å². The number of fused-ring (bicyclic) bond motifs is 2. The number of nitrogens with one attached hydrogen (secondary N) is 1. The minimum Gasteiger partial charge on any atom is -0.439 e. The first-order valence-corrected chi connectivity index (χ1v) is 12.0. The van der Waals surface area contributed by atoms with Crippen molar-refractivity contribution >= 4 is 66.8 Å². The first kappa shape index (κ1) is 22.4. The van der Waals surface area contributed by atoms with Crippen LogP contribution >= 0.6 is 27.5 Å². The molecule has 1 unspecified atom stereocenters. The lowest BCUT2D eigenvalue weighted by Gasteiger charge is -2.22. The lowest BCUT2D eigenvalue weighted by atomic mass is 9.86. The van der Waals surface area contributed by atoms with Crippen molar-refractivity contribution in [3.63, 3.8) is 0 Å². The number of ketones is 1. The standard InChI is InChI=1S/C23H12BrFN6O4S/c1-9(31-14(32)7-8-15(31)33)35-23-28-21(25)27-22(29-23)26-12-6-5-11(24)17-18(12)20(34)10-3-2-4-13-16(10)19(17)30-36-13/h2-9H,1H3,(H,26,27,28,29). The molecule has 0 saturated carbocycles. The predicted molar refractivity (Wildman–Crippen MR) is 130 cm³/mol. The Hall–Kier alpha value is -4.10. The van der Waals surface area contributed by atoms with Gasteiger partial charge in [0.15, 0.2) is 12.0 Å². The summed E-state index contributed by atoms with van der Waals surface area (Å²) in [5.41, 5.74) is 2.44. The van der Waals surface area contributed by atoms with Crippen molar-refractivity contribution in [1.29, 1.82) is 0 Å². The third-order valence-electron chi connectivity index (χ3n) is 5.68. The van der Waals surface area contributed by atoms with E-state index in [0.29, 0.717) is 32.5 Å². The van der Waals surface area contributed by atoms with E-state index in [1.54, 1.807) is 24.3 Å². The molecular weight excluding hydrogens is 555 g/mol. The average molecular weight is 567 g/mol. The molecule has 6 rings (SSSR count). The van der Waals surface area contributed by atoms with E-state index >= 15 is 0 Å². The number of carbonyl (C=O) groups is 3. The van der Waals surface area contributed by atoms with Crippen molar-refractivity contribution in [2.24, 2.45) is 0 Å². The van der Waals surface area contributed by atoms with E-state index < -0.39 is 30.1 Å². The van der Waals surface area contributed by atoms with Gasteiger partial charge in [0.1, 0.15) is 0 Å². The van der Waals surface area contributed by atoms with E-state index in [-0.39, 0.29) is 11.7 Å². The number of nitrogens with zero attached hydrogens (tertiary/aromatic N) is 5. The van der Waals surface area contributed by atoms with Gasteiger partial charge in [-0.2, -0.15) is 18.7 Å². The van der Waals surface area contributed by atoms with Gasteiger partial charge < -0.3 is 10.1 Å². The van der Waals surface area contributed by atoms with Crippen molar-refractivity contribution < 1.29 is 23.5 Å². The van der Waals surface area contributed by atoms with Gasteiger partial charge >= 0.3 is 12.1 Å². The maximum Gasteiger partial charge on any atom is 0.325 e. The molecule has 0 fully saturated rings. The lowest BCUT2D eigenvalue weighted by Crippen LogP contribution is -2.41. The highest BCUT2D eigenvalue weighted by molar-refractivity contribution is 9.10. The molecule has 36 heavy (non-hydrogen) atoms. The molecule has 0 bridgehead atoms. The second-order valence-electron chi connectivity index (χ2n) is 7.82. The molecule has 2 amide bonds. The van der Waals surface area contributed by atoms with Crippen LogP contribution in [0.3, 0.4) is 0 Å². The van der Waals surface area contributed by atoms with Gasteiger partial charge in [0, 0.05) is 33.1 Å². The highest BCUT2D eigenvalue weighted by atomic mass is 79.9. The van der Waals surface area contributed by atoms with E-state index in [1.807, 2.05) is 6.07 Å². The molecule has 10 nitrogen and oxygen atoms in total. The number of aromatic nitrogens is 4. The molecule has 178 valence electrons. The van der Waals surface area contributed by atoms with E-state index in [9.17, 15) is 18.8 Å². The average Bonchev–Trinajstić information content (AvgIpc) is 3.41. The number of rotatable bonds is 5. The number of anilines is 2. The first-order chi connectivity index (χ1) is 17.3. The Bertz CT molecular complexity index is 1650. The van der Waals surface area contributed by atoms with Gasteiger partial charge in [-0.1, -0.05) is 28.1 Å². The third kappa shape index (κ3) is 3.46. The summed E-state index contributed by atoms with van der Waals surface area (Å²) in [4.78, 5) is 49.3. The summed E-state index contributed by atoms with van der Waals surface area (Å²) >= 11 is 4.82. The molecule has 1 atom stereocenters. The summed E-state index contributed by atoms with van der Waals surface area (Å²) in [6, 6.07) is 8.36. The van der Waals surface area contributed by atoms with Crippen LogP contribution in [-0.4, -0.2) is 48.1 Å². The molecule has 1 aliphatic carbocycles. The van der Waals surface area contributed by atoms with Crippen LogP contribution in [0.4, 0.5) is 16.0 Å². The summed E-state index contributed by atoms with van der Waals surface area (Å²) in [5, 5.41) is 3.66. The number of halogens is 2. The predicted octanol–water partition coefficient (Wildman–Crippen LogP) is 3.99. The largest absolute Gasteiger partial charge is 0.439 e. The zero-order chi connectivity index (χ0) is 25.1. The van der Waals surface area contributed by atoms with E-state index in [1.165, 1.54) is 18.5 Å². The number of benzene rings is 2. The van der Waals surface area contributed by atoms with Crippen LogP contribution in [0.5, 0.6) is 6.01 Å². The highest BCUT2D eigenvalue weighted by Crippen LogP contribution is 2.46. The third-order valence-corrected chi connectivity index (χ3v) is 7.15. The van der Waals surface area contributed by atoms with Crippen LogP contribution < -0.4 is 10.1 Å². The van der Waals surface area contributed by atoms with Crippen LogP contribution in [0.1, 0.15) is 22.8 Å². The Morgan fingerprint density at radius 2 is 1.83 bits per heavy atom. The Kier molecular flexibility index (Phi) is 5.12. The normalized spacial score (nSPS) is 15.0. The Balaban J connectivity index is 1.37. The van der Waals surface area contributed by atoms with Gasteiger partial charge in [-0.05, 0) is 36.7 Å². The molecular formula is C23H12BrFN6O4S. The van der Waals surface area contributed by atoms with Gasteiger partial charge in [-0.25, -0.2) is 4.90 Å². The van der Waals surface area contributed by atoms with E-state index in [4.69, 9.17) is 4.74 Å². The van der Waals surface area contributed by atoms with Gasteiger partial charge in [0.05, 0.1) is 21.6 Å². The van der Waals surface area contributed by atoms with Crippen molar-refractivity contribution in [2.75, 3.05) is 5.32 Å². The highest BCUT2D eigenvalue weighted by Gasteiger charge is 2.33.